The Morgan fingerprint density at radius 1 is 1.18 bits per heavy atom. The maximum atomic E-state index is 14.2. The number of pyridine rings is 1. The smallest absolute Gasteiger partial charge is 0.270 e. The Hall–Kier alpha value is -3.08. The molecule has 0 spiro atoms. The predicted octanol–water partition coefficient (Wildman–Crippen LogP) is 4.87. The number of β-amino-alcohol motifs (C(OH)–C–C–N with tert-alkyl or cyclic N) is 1. The molecule has 5 rings (SSSR count). The van der Waals surface area contributed by atoms with Crippen LogP contribution in [0.3, 0.4) is 0 Å². The minimum absolute atomic E-state index is 0.0135. The fraction of sp³-hybridized carbons (Fsp3) is 0.448. The van der Waals surface area contributed by atoms with Gasteiger partial charge in [0.25, 0.3) is 11.8 Å². The first kappa shape index (κ1) is 28.4. The number of alkyl halides is 2. The molecule has 0 unspecified atom stereocenters. The second-order valence-electron chi connectivity index (χ2n) is 10.7. The van der Waals surface area contributed by atoms with E-state index in [1.54, 1.807) is 6.20 Å². The van der Waals surface area contributed by atoms with Crippen molar-refractivity contribution in [3.05, 3.63) is 74.8 Å². The quantitative estimate of drug-likeness (QED) is 0.379. The van der Waals surface area contributed by atoms with Crippen LogP contribution < -0.4 is 15.5 Å². The summed E-state index contributed by atoms with van der Waals surface area (Å²) in [6, 6.07) is 8.03. The molecule has 1 amide bonds. The Bertz CT molecular complexity index is 1450. The van der Waals surface area contributed by atoms with Gasteiger partial charge in [-0.25, -0.2) is 13.2 Å². The highest BCUT2D eigenvalue weighted by Gasteiger charge is 2.29. The third-order valence-corrected chi connectivity index (χ3v) is 7.74. The number of hydrogen-bond acceptors (Lipinski definition) is 5. The Balaban J connectivity index is 1.14. The molecule has 40 heavy (non-hydrogen) atoms. The number of aromatic nitrogens is 1. The summed E-state index contributed by atoms with van der Waals surface area (Å²) in [6.45, 7) is 2.44. The van der Waals surface area contributed by atoms with Crippen LogP contribution in [-0.2, 0) is 5.92 Å². The molecule has 1 saturated heterocycles. The number of rotatable bonds is 9. The van der Waals surface area contributed by atoms with Crippen LogP contribution >= 0.6 is 11.6 Å². The molecule has 2 aliphatic rings. The van der Waals surface area contributed by atoms with Crippen molar-refractivity contribution in [1.29, 1.82) is 0 Å². The zero-order chi connectivity index (χ0) is 28.6. The van der Waals surface area contributed by atoms with Gasteiger partial charge < -0.3 is 24.6 Å². The summed E-state index contributed by atoms with van der Waals surface area (Å²) in [5, 5.41) is 13.4. The minimum Gasteiger partial charge on any atom is -0.491 e. The van der Waals surface area contributed by atoms with Crippen molar-refractivity contribution >= 4 is 28.4 Å². The van der Waals surface area contributed by atoms with Gasteiger partial charge in [0.1, 0.15) is 29.8 Å². The largest absolute Gasteiger partial charge is 0.491 e. The number of aliphatic hydroxyl groups excluding tert-OH is 1. The second kappa shape index (κ2) is 11.4. The number of carbonyl (C=O) groups excluding carboxylic acids is 1. The van der Waals surface area contributed by atoms with E-state index in [0.717, 1.165) is 25.8 Å². The van der Waals surface area contributed by atoms with Crippen LogP contribution in [0.4, 0.5) is 13.2 Å². The molecule has 3 aromatic rings. The topological polar surface area (TPSA) is 83.8 Å². The lowest BCUT2D eigenvalue weighted by Gasteiger charge is -2.33. The molecular weight excluding hydrogens is 547 g/mol. The molecule has 2 fully saturated rings. The van der Waals surface area contributed by atoms with E-state index in [4.69, 9.17) is 16.3 Å². The molecule has 2 N–H and O–H groups in total. The van der Waals surface area contributed by atoms with Crippen molar-refractivity contribution < 1.29 is 27.8 Å². The molecule has 0 radical (unpaired) electrons. The van der Waals surface area contributed by atoms with Gasteiger partial charge in [0.2, 0.25) is 5.43 Å². The number of nitrogens with zero attached hydrogens (tertiary/aromatic N) is 2. The van der Waals surface area contributed by atoms with Crippen LogP contribution in [-0.4, -0.2) is 58.9 Å². The van der Waals surface area contributed by atoms with E-state index in [2.05, 4.69) is 10.2 Å². The monoisotopic (exact) mass is 577 g/mol. The van der Waals surface area contributed by atoms with Crippen molar-refractivity contribution in [3.63, 3.8) is 0 Å². The van der Waals surface area contributed by atoms with Crippen LogP contribution in [0.1, 0.15) is 54.6 Å². The summed E-state index contributed by atoms with van der Waals surface area (Å²) in [7, 11) is 0. The lowest BCUT2D eigenvalue weighted by molar-refractivity contribution is 0.0173. The van der Waals surface area contributed by atoms with Gasteiger partial charge >= 0.3 is 0 Å². The predicted molar refractivity (Wildman–Crippen MR) is 146 cm³/mol. The van der Waals surface area contributed by atoms with Crippen molar-refractivity contribution in [2.45, 2.75) is 56.7 Å². The molecule has 1 saturated carbocycles. The third-order valence-electron chi connectivity index (χ3n) is 7.45. The summed E-state index contributed by atoms with van der Waals surface area (Å²) >= 11 is 5.96. The summed E-state index contributed by atoms with van der Waals surface area (Å²) in [6.07, 6.45) is 3.84. The van der Waals surface area contributed by atoms with Gasteiger partial charge in [-0.05, 0) is 62.1 Å². The average molecular weight is 578 g/mol. The SMILES string of the molecule is CC(F)(F)c1ccc(OC[C@H](O)CN2CCC(NC(=O)c3cn(C4CC4)c4cc(Cl)c(F)cc4c3=O)CC2)cc1. The highest BCUT2D eigenvalue weighted by Crippen LogP contribution is 2.37. The second-order valence-corrected chi connectivity index (χ2v) is 11.1. The number of hydrogen-bond donors (Lipinski definition) is 2. The van der Waals surface area contributed by atoms with Crippen molar-refractivity contribution in [1.82, 2.24) is 14.8 Å². The number of amides is 1. The van der Waals surface area contributed by atoms with E-state index in [0.29, 0.717) is 43.7 Å². The van der Waals surface area contributed by atoms with Crippen LogP contribution in [0, 0.1) is 5.82 Å². The number of likely N-dealkylation sites (tertiary alicyclic amines) is 1. The molecule has 214 valence electrons. The van der Waals surface area contributed by atoms with E-state index in [1.165, 1.54) is 30.3 Å². The Morgan fingerprint density at radius 2 is 1.85 bits per heavy atom. The molecule has 1 atom stereocenters. The Kier molecular flexibility index (Phi) is 8.13. The molecule has 7 nitrogen and oxygen atoms in total. The third kappa shape index (κ3) is 6.45. The highest BCUT2D eigenvalue weighted by molar-refractivity contribution is 6.31. The number of benzene rings is 2. The molecule has 11 heteroatoms. The van der Waals surface area contributed by atoms with Gasteiger partial charge in [-0.1, -0.05) is 11.6 Å². The molecule has 2 aromatic carbocycles. The summed E-state index contributed by atoms with van der Waals surface area (Å²) in [4.78, 5) is 28.3. The molecule has 1 aliphatic carbocycles. The van der Waals surface area contributed by atoms with E-state index in [9.17, 15) is 27.9 Å². The number of carbonyl (C=O) groups is 1. The lowest BCUT2D eigenvalue weighted by Crippen LogP contribution is -2.47. The molecule has 2 heterocycles. The van der Waals surface area contributed by atoms with Gasteiger partial charge in [0.05, 0.1) is 10.5 Å². The van der Waals surface area contributed by atoms with Crippen molar-refractivity contribution in [2.75, 3.05) is 26.2 Å². The first-order valence-corrected chi connectivity index (χ1v) is 13.7. The van der Waals surface area contributed by atoms with Crippen LogP contribution in [0.2, 0.25) is 5.02 Å². The molecule has 1 aliphatic heterocycles. The first-order valence-electron chi connectivity index (χ1n) is 13.4. The van der Waals surface area contributed by atoms with Gasteiger partial charge in [0.15, 0.2) is 0 Å². The molecule has 0 bridgehead atoms. The number of halogens is 4. The number of ether oxygens (including phenoxy) is 1. The van der Waals surface area contributed by atoms with Gasteiger partial charge in [-0.3, -0.25) is 9.59 Å². The fourth-order valence-electron chi connectivity index (χ4n) is 5.07. The standard InChI is InChI=1S/C29H31ClF3N3O4/c1-29(32,33)17-2-6-21(7-3-17)40-16-20(37)14-35-10-8-18(9-11-35)34-28(39)23-15-36(19-4-5-19)26-13-24(30)25(31)12-22(26)27(23)38/h2-3,6-7,12-13,15,18-20,37H,4-5,8-11,14,16H2,1H3,(H,34,39)/t20-/m1/s1. The van der Waals surface area contributed by atoms with Gasteiger partial charge in [-0.15, -0.1) is 0 Å². The first-order chi connectivity index (χ1) is 19.0. The lowest BCUT2D eigenvalue weighted by atomic mass is 10.0. The van der Waals surface area contributed by atoms with E-state index < -0.39 is 29.2 Å². The maximum Gasteiger partial charge on any atom is 0.270 e. The maximum absolute atomic E-state index is 14.2. The molecular formula is C29H31ClF3N3O4. The normalized spacial score (nSPS) is 17.6. The average Bonchev–Trinajstić information content (AvgIpc) is 3.75. The zero-order valence-corrected chi connectivity index (χ0v) is 22.8. The van der Waals surface area contributed by atoms with Crippen molar-refractivity contribution in [3.8, 4) is 5.75 Å². The Morgan fingerprint density at radius 3 is 2.48 bits per heavy atom. The van der Waals surface area contributed by atoms with E-state index in [-0.39, 0.29) is 40.2 Å². The van der Waals surface area contributed by atoms with Crippen LogP contribution in [0.15, 0.2) is 47.4 Å². The van der Waals surface area contributed by atoms with Gasteiger partial charge in [0, 0.05) is 55.8 Å². The number of fused-ring (bicyclic) bond motifs is 1. The van der Waals surface area contributed by atoms with Crippen LogP contribution in [0.25, 0.3) is 10.9 Å². The summed E-state index contributed by atoms with van der Waals surface area (Å²) in [5.74, 6) is -3.72. The number of nitrogens with one attached hydrogen (secondary N) is 1. The van der Waals surface area contributed by atoms with Gasteiger partial charge in [-0.2, -0.15) is 0 Å². The molecule has 1 aromatic heterocycles. The highest BCUT2D eigenvalue weighted by atomic mass is 35.5. The fourth-order valence-corrected chi connectivity index (χ4v) is 5.23. The number of aliphatic hydroxyl groups is 1. The summed E-state index contributed by atoms with van der Waals surface area (Å²) < 4.78 is 48.3. The Labute approximate surface area is 234 Å². The summed E-state index contributed by atoms with van der Waals surface area (Å²) in [5.41, 5.74) is -0.139. The number of piperidine rings is 1. The van der Waals surface area contributed by atoms with E-state index in [1.807, 2.05) is 4.57 Å². The minimum atomic E-state index is -2.93. The zero-order valence-electron chi connectivity index (χ0n) is 22.0. The van der Waals surface area contributed by atoms with E-state index >= 15 is 0 Å². The van der Waals surface area contributed by atoms with Crippen molar-refractivity contribution in [2.24, 2.45) is 0 Å². The van der Waals surface area contributed by atoms with Crippen LogP contribution in [0.5, 0.6) is 5.75 Å².